The van der Waals surface area contributed by atoms with Crippen molar-refractivity contribution in [1.82, 2.24) is 0 Å². The molecule has 3 nitrogen and oxygen atoms in total. The van der Waals surface area contributed by atoms with Gasteiger partial charge in [-0.05, 0) is 12.1 Å². The minimum Gasteiger partial charge on any atom is -0.372 e. The van der Waals surface area contributed by atoms with Gasteiger partial charge in [-0.3, -0.25) is 4.79 Å². The van der Waals surface area contributed by atoms with Crippen molar-refractivity contribution in [3.8, 4) is 0 Å². The first-order valence-electron chi connectivity index (χ1n) is 4.52. The Morgan fingerprint density at radius 1 is 1.25 bits per heavy atom. The molecule has 0 fully saturated rings. The van der Waals surface area contributed by atoms with Crippen LogP contribution >= 0.6 is 0 Å². The van der Waals surface area contributed by atoms with Crippen LogP contribution in [-0.4, -0.2) is 25.5 Å². The van der Waals surface area contributed by atoms with Gasteiger partial charge in [0.1, 0.15) is 6.61 Å². The Morgan fingerprint density at radius 2 is 1.94 bits per heavy atom. The predicted octanol–water partition coefficient (Wildman–Crippen LogP) is 1.26. The Hall–Kier alpha value is -1.40. The summed E-state index contributed by atoms with van der Waals surface area (Å²) >= 11 is 0. The lowest BCUT2D eigenvalue weighted by Crippen LogP contribution is -2.16. The number of carbonyl (C=O) groups excluding carboxylic acids is 1. The van der Waals surface area contributed by atoms with E-state index in [0.29, 0.717) is 6.07 Å². The minimum absolute atomic E-state index is 0.136. The van der Waals surface area contributed by atoms with E-state index in [-0.39, 0.29) is 13.2 Å². The number of hydrogen-bond acceptors (Lipinski definition) is 3. The lowest BCUT2D eigenvalue weighted by molar-refractivity contribution is 0.0769. The zero-order chi connectivity index (χ0) is 12.1. The molecule has 0 aliphatic heterocycles. The van der Waals surface area contributed by atoms with Crippen LogP contribution in [0.3, 0.4) is 0 Å². The number of Topliss-reactive ketones (excluding diaryl/α,β-unsaturated/α-hetero) is 1. The molecule has 1 aromatic rings. The van der Waals surface area contributed by atoms with Crippen LogP contribution < -0.4 is 5.73 Å². The first kappa shape index (κ1) is 12.7. The summed E-state index contributed by atoms with van der Waals surface area (Å²) in [4.78, 5) is 11.3. The average molecular weight is 233 g/mol. The fraction of sp³-hybridized carbons (Fsp3) is 0.300. The Balaban J connectivity index is 2.80. The van der Waals surface area contributed by atoms with Gasteiger partial charge in [0.2, 0.25) is 0 Å². The van der Waals surface area contributed by atoms with Crippen LogP contribution in [0.5, 0.6) is 0 Å². The second kappa shape index (κ2) is 5.62. The summed E-state index contributed by atoms with van der Waals surface area (Å²) in [5, 5.41) is 0. The largest absolute Gasteiger partial charge is 0.372 e. The number of hydrogen-bond donors (Lipinski definition) is 1. The first-order valence-corrected chi connectivity index (χ1v) is 4.52. The van der Waals surface area contributed by atoms with Gasteiger partial charge >= 0.3 is 0 Å². The third kappa shape index (κ3) is 2.80. The van der Waals surface area contributed by atoms with Crippen LogP contribution in [-0.2, 0) is 4.74 Å². The van der Waals surface area contributed by atoms with Crippen LogP contribution in [0, 0.1) is 17.5 Å². The van der Waals surface area contributed by atoms with Gasteiger partial charge in [0.15, 0.2) is 23.2 Å². The van der Waals surface area contributed by atoms with Gasteiger partial charge in [0.25, 0.3) is 0 Å². The third-order valence-corrected chi connectivity index (χ3v) is 1.83. The van der Waals surface area contributed by atoms with E-state index >= 15 is 0 Å². The van der Waals surface area contributed by atoms with E-state index in [1.54, 1.807) is 0 Å². The molecule has 0 aliphatic carbocycles. The molecule has 88 valence electrons. The molecule has 0 radical (unpaired) electrons. The molecule has 0 atom stereocenters. The van der Waals surface area contributed by atoms with Crippen LogP contribution in [0.1, 0.15) is 10.4 Å². The Bertz CT molecular complexity index is 396. The van der Waals surface area contributed by atoms with Crippen LogP contribution in [0.15, 0.2) is 12.1 Å². The van der Waals surface area contributed by atoms with Gasteiger partial charge in [-0.15, -0.1) is 0 Å². The summed E-state index contributed by atoms with van der Waals surface area (Å²) < 4.78 is 43.2. The molecule has 16 heavy (non-hydrogen) atoms. The SMILES string of the molecule is NCCOCC(=O)c1ccc(F)c(F)c1F. The summed E-state index contributed by atoms with van der Waals surface area (Å²) in [6, 6.07) is 1.57. The van der Waals surface area contributed by atoms with Crippen LogP contribution in [0.4, 0.5) is 13.2 Å². The number of halogens is 3. The topological polar surface area (TPSA) is 52.3 Å². The molecular weight excluding hydrogens is 223 g/mol. The fourth-order valence-corrected chi connectivity index (χ4v) is 1.07. The van der Waals surface area contributed by atoms with Crippen molar-refractivity contribution in [2.75, 3.05) is 19.8 Å². The van der Waals surface area contributed by atoms with E-state index in [2.05, 4.69) is 0 Å². The zero-order valence-electron chi connectivity index (χ0n) is 8.30. The summed E-state index contributed by atoms with van der Waals surface area (Å²) in [6.07, 6.45) is 0. The molecule has 0 aliphatic rings. The van der Waals surface area contributed by atoms with Gasteiger partial charge in [0.05, 0.1) is 12.2 Å². The van der Waals surface area contributed by atoms with E-state index in [9.17, 15) is 18.0 Å². The molecule has 0 saturated carbocycles. The Labute approximate surface area is 90.0 Å². The highest BCUT2D eigenvalue weighted by atomic mass is 19.2. The molecule has 0 heterocycles. The third-order valence-electron chi connectivity index (χ3n) is 1.83. The molecule has 1 rings (SSSR count). The van der Waals surface area contributed by atoms with Crippen molar-refractivity contribution in [3.63, 3.8) is 0 Å². The number of ether oxygens (including phenoxy) is 1. The van der Waals surface area contributed by atoms with Crippen LogP contribution in [0.2, 0.25) is 0 Å². The number of carbonyl (C=O) groups is 1. The maximum absolute atomic E-state index is 13.1. The van der Waals surface area contributed by atoms with Gasteiger partial charge in [-0.2, -0.15) is 0 Å². The maximum atomic E-state index is 13.1. The van der Waals surface area contributed by atoms with E-state index in [1.165, 1.54) is 0 Å². The van der Waals surface area contributed by atoms with E-state index in [1.807, 2.05) is 0 Å². The summed E-state index contributed by atoms with van der Waals surface area (Å²) in [6.45, 7) is -0.0657. The standard InChI is InChI=1S/C10H10F3NO2/c11-7-2-1-6(9(12)10(7)13)8(15)5-16-4-3-14/h1-2H,3-5,14H2. The van der Waals surface area contributed by atoms with E-state index < -0.39 is 35.4 Å². The zero-order valence-corrected chi connectivity index (χ0v) is 8.30. The lowest BCUT2D eigenvalue weighted by Gasteiger charge is -2.04. The normalized spacial score (nSPS) is 10.5. The molecular formula is C10H10F3NO2. The average Bonchev–Trinajstić information content (AvgIpc) is 2.26. The highest BCUT2D eigenvalue weighted by molar-refractivity contribution is 5.97. The fourth-order valence-electron chi connectivity index (χ4n) is 1.07. The highest BCUT2D eigenvalue weighted by Gasteiger charge is 2.18. The Kier molecular flexibility index (Phi) is 4.45. The van der Waals surface area contributed by atoms with Crippen LogP contribution in [0.25, 0.3) is 0 Å². The Morgan fingerprint density at radius 3 is 2.56 bits per heavy atom. The number of ketones is 1. The summed E-state index contributed by atoms with van der Waals surface area (Å²) in [5.41, 5.74) is 4.58. The number of nitrogens with two attached hydrogens (primary N) is 1. The van der Waals surface area contributed by atoms with E-state index in [0.717, 1.165) is 6.07 Å². The molecule has 0 bridgehead atoms. The van der Waals surface area contributed by atoms with Crippen molar-refractivity contribution >= 4 is 5.78 Å². The first-order chi connectivity index (χ1) is 7.57. The van der Waals surface area contributed by atoms with Crippen molar-refractivity contribution in [2.24, 2.45) is 5.73 Å². The molecule has 6 heteroatoms. The molecule has 0 spiro atoms. The van der Waals surface area contributed by atoms with Crippen molar-refractivity contribution < 1.29 is 22.7 Å². The second-order valence-electron chi connectivity index (χ2n) is 2.99. The summed E-state index contributed by atoms with van der Waals surface area (Å²) in [7, 11) is 0. The quantitative estimate of drug-likeness (QED) is 0.473. The monoisotopic (exact) mass is 233 g/mol. The predicted molar refractivity (Wildman–Crippen MR) is 50.5 cm³/mol. The van der Waals surface area contributed by atoms with E-state index in [4.69, 9.17) is 10.5 Å². The van der Waals surface area contributed by atoms with Crippen molar-refractivity contribution in [3.05, 3.63) is 35.1 Å². The molecule has 0 unspecified atom stereocenters. The lowest BCUT2D eigenvalue weighted by atomic mass is 10.1. The highest BCUT2D eigenvalue weighted by Crippen LogP contribution is 2.15. The minimum atomic E-state index is -1.66. The smallest absolute Gasteiger partial charge is 0.195 e. The molecule has 0 aromatic heterocycles. The van der Waals surface area contributed by atoms with Gasteiger partial charge in [-0.25, -0.2) is 13.2 Å². The molecule has 0 saturated heterocycles. The maximum Gasteiger partial charge on any atom is 0.195 e. The van der Waals surface area contributed by atoms with Gasteiger partial charge in [0, 0.05) is 6.54 Å². The number of rotatable bonds is 5. The summed E-state index contributed by atoms with van der Waals surface area (Å²) in [5.74, 6) is -5.26. The van der Waals surface area contributed by atoms with Gasteiger partial charge < -0.3 is 10.5 Å². The number of benzene rings is 1. The van der Waals surface area contributed by atoms with Crippen molar-refractivity contribution in [2.45, 2.75) is 0 Å². The molecule has 2 N–H and O–H groups in total. The second-order valence-corrected chi connectivity index (χ2v) is 2.99. The molecule has 0 amide bonds. The molecule has 1 aromatic carbocycles. The van der Waals surface area contributed by atoms with Crippen molar-refractivity contribution in [1.29, 1.82) is 0 Å². The van der Waals surface area contributed by atoms with Gasteiger partial charge in [-0.1, -0.05) is 0 Å².